The second-order valence-electron chi connectivity index (χ2n) is 11.8. The van der Waals surface area contributed by atoms with Crippen LogP contribution in [-0.4, -0.2) is 38.8 Å². The summed E-state index contributed by atoms with van der Waals surface area (Å²) < 4.78 is 88.4. The van der Waals surface area contributed by atoms with Crippen molar-refractivity contribution < 1.29 is 41.3 Å². The topological polar surface area (TPSA) is 110 Å². The molecule has 1 fully saturated rings. The van der Waals surface area contributed by atoms with Gasteiger partial charge in [-0.05, 0) is 48.5 Å². The lowest BCUT2D eigenvalue weighted by Crippen LogP contribution is -2.27. The lowest BCUT2D eigenvalue weighted by molar-refractivity contribution is 0.0697. The zero-order chi connectivity index (χ0) is 33.6. The molecule has 1 aliphatic rings. The number of aromatic nitrogens is 3. The molecular formula is C34H25F5N4O4. The fourth-order valence-corrected chi connectivity index (χ4v) is 5.62. The summed E-state index contributed by atoms with van der Waals surface area (Å²) in [6.45, 7) is 3.99. The van der Waals surface area contributed by atoms with Crippen LogP contribution in [0.4, 0.5) is 22.0 Å². The molecule has 1 saturated heterocycles. The van der Waals surface area contributed by atoms with Gasteiger partial charge < -0.3 is 19.1 Å². The van der Waals surface area contributed by atoms with Gasteiger partial charge in [-0.3, -0.25) is 0 Å². The zero-order valence-corrected chi connectivity index (χ0v) is 25.0. The number of hydrogen-bond donors (Lipinski definition) is 1. The summed E-state index contributed by atoms with van der Waals surface area (Å²) in [4.78, 5) is 20.1. The normalized spacial score (nSPS) is 15.6. The molecule has 13 heteroatoms. The molecule has 47 heavy (non-hydrogen) atoms. The molecule has 240 valence electrons. The molecule has 1 aliphatic heterocycles. The summed E-state index contributed by atoms with van der Waals surface area (Å²) in [5.41, 5.74) is -1.18. The first-order valence-electron chi connectivity index (χ1n) is 14.3. The number of hydrogen-bond acceptors (Lipinski definition) is 6. The number of carboxylic acid groups (broad SMARTS) is 1. The minimum absolute atomic E-state index is 0.00753. The number of rotatable bonds is 8. The van der Waals surface area contributed by atoms with Crippen LogP contribution in [0.2, 0.25) is 0 Å². The fraction of sp³-hybridized carbons (Fsp3) is 0.235. The predicted molar refractivity (Wildman–Crippen MR) is 158 cm³/mol. The van der Waals surface area contributed by atoms with Crippen molar-refractivity contribution in [1.82, 2.24) is 14.5 Å². The number of imidazole rings is 1. The van der Waals surface area contributed by atoms with Crippen molar-refractivity contribution in [3.05, 3.63) is 112 Å². The molecular weight excluding hydrogens is 623 g/mol. The molecule has 1 N–H and O–H groups in total. The van der Waals surface area contributed by atoms with E-state index in [0.29, 0.717) is 17.6 Å². The van der Waals surface area contributed by atoms with E-state index in [2.05, 4.69) is 9.97 Å². The molecule has 0 saturated carbocycles. The van der Waals surface area contributed by atoms with Gasteiger partial charge in [0, 0.05) is 28.5 Å². The van der Waals surface area contributed by atoms with E-state index in [1.165, 1.54) is 30.3 Å². The third-order valence-corrected chi connectivity index (χ3v) is 8.20. The Morgan fingerprint density at radius 2 is 1.81 bits per heavy atom. The van der Waals surface area contributed by atoms with E-state index in [4.69, 9.17) is 14.7 Å². The Kier molecular flexibility index (Phi) is 8.15. The number of fused-ring (bicyclic) bond motifs is 1. The van der Waals surface area contributed by atoms with Gasteiger partial charge in [-0.2, -0.15) is 5.26 Å². The number of aromatic carboxylic acids is 1. The lowest BCUT2D eigenvalue weighted by atomic mass is 9.87. The van der Waals surface area contributed by atoms with Crippen molar-refractivity contribution in [3.8, 4) is 23.2 Å². The number of halogens is 5. The smallest absolute Gasteiger partial charge is 0.335 e. The number of carbonyl (C=O) groups is 1. The van der Waals surface area contributed by atoms with Gasteiger partial charge in [0.15, 0.2) is 17.5 Å². The highest BCUT2D eigenvalue weighted by Gasteiger charge is 2.39. The zero-order valence-electron chi connectivity index (χ0n) is 25.0. The van der Waals surface area contributed by atoms with E-state index in [1.807, 2.05) is 13.8 Å². The van der Waals surface area contributed by atoms with Gasteiger partial charge in [0.05, 0.1) is 53.2 Å². The van der Waals surface area contributed by atoms with Gasteiger partial charge in [-0.25, -0.2) is 36.7 Å². The number of ether oxygens (including phenoxy) is 2. The van der Waals surface area contributed by atoms with Crippen molar-refractivity contribution in [1.29, 1.82) is 5.26 Å². The number of nitriles is 1. The summed E-state index contributed by atoms with van der Waals surface area (Å²) in [6, 6.07) is 11.9. The van der Waals surface area contributed by atoms with Crippen LogP contribution in [0.15, 0.2) is 54.6 Å². The molecule has 0 aliphatic carbocycles. The third kappa shape index (κ3) is 5.88. The average molecular weight is 649 g/mol. The Morgan fingerprint density at radius 1 is 1.02 bits per heavy atom. The quantitative estimate of drug-likeness (QED) is 0.141. The van der Waals surface area contributed by atoms with E-state index in [9.17, 15) is 18.7 Å². The first kappa shape index (κ1) is 31.6. The largest absolute Gasteiger partial charge is 0.478 e. The Bertz CT molecular complexity index is 2110. The molecule has 5 aromatic rings. The first-order chi connectivity index (χ1) is 22.4. The highest BCUT2D eigenvalue weighted by Crippen LogP contribution is 2.41. The van der Waals surface area contributed by atoms with Crippen molar-refractivity contribution in [3.63, 3.8) is 0 Å². The van der Waals surface area contributed by atoms with Gasteiger partial charge in [-0.1, -0.05) is 19.9 Å². The minimum atomic E-state index is -1.51. The Hall–Kier alpha value is -5.35. The fourth-order valence-electron chi connectivity index (χ4n) is 5.62. The maximum Gasteiger partial charge on any atom is 0.335 e. The van der Waals surface area contributed by atoms with Crippen LogP contribution < -0.4 is 4.74 Å². The summed E-state index contributed by atoms with van der Waals surface area (Å²) in [5, 5.41) is 18.5. The molecule has 0 radical (unpaired) electrons. The van der Waals surface area contributed by atoms with Crippen LogP contribution in [0.3, 0.4) is 0 Å². The maximum absolute atomic E-state index is 15.7. The Morgan fingerprint density at radius 3 is 2.49 bits per heavy atom. The third-order valence-electron chi connectivity index (χ3n) is 8.20. The molecule has 0 bridgehead atoms. The Balaban J connectivity index is 1.35. The molecule has 1 atom stereocenters. The number of pyridine rings is 1. The Labute approximate surface area is 264 Å². The van der Waals surface area contributed by atoms with Crippen LogP contribution >= 0.6 is 0 Å². The van der Waals surface area contributed by atoms with Crippen LogP contribution in [0.25, 0.3) is 22.3 Å². The van der Waals surface area contributed by atoms with Crippen molar-refractivity contribution in [2.45, 2.75) is 32.9 Å². The molecule has 3 aromatic carbocycles. The summed E-state index contributed by atoms with van der Waals surface area (Å²) in [5.74, 6) is -7.50. The molecule has 3 heterocycles. The molecule has 6 rings (SSSR count). The average Bonchev–Trinajstić information content (AvgIpc) is 3.58. The molecule has 0 amide bonds. The second-order valence-corrected chi connectivity index (χ2v) is 11.8. The summed E-state index contributed by atoms with van der Waals surface area (Å²) in [6.07, 6.45) is -0.486. The van der Waals surface area contributed by atoms with Crippen LogP contribution in [-0.2, 0) is 17.8 Å². The van der Waals surface area contributed by atoms with Gasteiger partial charge in [-0.15, -0.1) is 0 Å². The summed E-state index contributed by atoms with van der Waals surface area (Å²) in [7, 11) is 0. The van der Waals surface area contributed by atoms with Crippen molar-refractivity contribution in [2.75, 3.05) is 13.2 Å². The van der Waals surface area contributed by atoms with E-state index in [-0.39, 0.29) is 40.9 Å². The predicted octanol–water partition coefficient (Wildman–Crippen LogP) is 7.13. The number of nitrogens with zero attached hydrogens (tertiary/aromatic N) is 4. The van der Waals surface area contributed by atoms with Gasteiger partial charge in [0.1, 0.15) is 24.1 Å². The van der Waals surface area contributed by atoms with Crippen molar-refractivity contribution >= 4 is 17.0 Å². The SMILES string of the molecule is CC1(C)COCC1n1c(Cc2c(F)cc(-c3ccc(F)c(OCc4ccc(C#N)cc4F)n3)c(F)c2F)nc2ccc(C(=O)O)cc21. The van der Waals surface area contributed by atoms with Crippen LogP contribution in [0.1, 0.15) is 52.8 Å². The standard InChI is InChI=1S/C34H25F5N4O4/c1-34(2)16-46-15-28(34)43-27-10-18(33(44)45)5-7-26(27)41-29(43)12-20-24(37)11-21(31(39)30(20)38)25-8-6-22(35)32(42-25)47-14-19-4-3-17(13-40)9-23(19)36/h3-11,28H,12,14-16H2,1-2H3,(H,44,45). The van der Waals surface area contributed by atoms with Gasteiger partial charge in [0.2, 0.25) is 0 Å². The van der Waals surface area contributed by atoms with E-state index in [1.54, 1.807) is 10.6 Å². The van der Waals surface area contributed by atoms with Gasteiger partial charge >= 0.3 is 5.97 Å². The van der Waals surface area contributed by atoms with Crippen LogP contribution in [0, 0.1) is 45.8 Å². The van der Waals surface area contributed by atoms with E-state index < -0.39 is 70.5 Å². The van der Waals surface area contributed by atoms with E-state index >= 15 is 13.2 Å². The lowest BCUT2D eigenvalue weighted by Gasteiger charge is -2.28. The van der Waals surface area contributed by atoms with E-state index in [0.717, 1.165) is 24.3 Å². The maximum atomic E-state index is 15.7. The number of benzene rings is 3. The molecule has 8 nitrogen and oxygen atoms in total. The summed E-state index contributed by atoms with van der Waals surface area (Å²) >= 11 is 0. The van der Waals surface area contributed by atoms with Crippen molar-refractivity contribution in [2.24, 2.45) is 5.41 Å². The highest BCUT2D eigenvalue weighted by atomic mass is 19.2. The molecule has 0 spiro atoms. The van der Waals surface area contributed by atoms with Gasteiger partial charge in [0.25, 0.3) is 5.88 Å². The minimum Gasteiger partial charge on any atom is -0.478 e. The first-order valence-corrected chi connectivity index (χ1v) is 14.3. The second kappa shape index (κ2) is 12.1. The highest BCUT2D eigenvalue weighted by molar-refractivity contribution is 5.92. The number of carboxylic acids is 1. The van der Waals surface area contributed by atoms with Crippen LogP contribution in [0.5, 0.6) is 5.88 Å². The molecule has 1 unspecified atom stereocenters. The molecule has 2 aromatic heterocycles. The monoisotopic (exact) mass is 648 g/mol.